The van der Waals surface area contributed by atoms with E-state index in [-0.39, 0.29) is 11.4 Å². The van der Waals surface area contributed by atoms with Crippen LogP contribution in [0.25, 0.3) is 0 Å². The molecule has 154 valence electrons. The molecule has 3 aromatic rings. The molecule has 0 fully saturated rings. The number of benzene rings is 3. The van der Waals surface area contributed by atoms with Crippen molar-refractivity contribution in [1.29, 1.82) is 0 Å². The summed E-state index contributed by atoms with van der Waals surface area (Å²) in [4.78, 5) is 23.9. The molecule has 0 aliphatic heterocycles. The monoisotopic (exact) mass is 433 g/mol. The molecule has 0 spiro atoms. The van der Waals surface area contributed by atoms with Crippen molar-refractivity contribution in [2.24, 2.45) is 0 Å². The lowest BCUT2D eigenvalue weighted by atomic mass is 10.1. The Labute approximate surface area is 173 Å². The summed E-state index contributed by atoms with van der Waals surface area (Å²) in [6.45, 7) is 0. The first-order chi connectivity index (χ1) is 14.2. The van der Waals surface area contributed by atoms with Crippen molar-refractivity contribution in [1.82, 2.24) is 0 Å². The number of carbonyl (C=O) groups is 1. The molecule has 0 bridgehead atoms. The second-order valence-electron chi connectivity index (χ2n) is 5.97. The van der Waals surface area contributed by atoms with Gasteiger partial charge in [-0.05, 0) is 36.4 Å². The number of para-hydroxylation sites is 2. The predicted octanol–water partition coefficient (Wildman–Crippen LogP) is 6.41. The van der Waals surface area contributed by atoms with Crippen molar-refractivity contribution in [3.8, 4) is 0 Å². The van der Waals surface area contributed by atoms with Gasteiger partial charge in [-0.15, -0.1) is 0 Å². The Morgan fingerprint density at radius 1 is 0.867 bits per heavy atom. The summed E-state index contributed by atoms with van der Waals surface area (Å²) >= 11 is 1.25. The van der Waals surface area contributed by atoms with Crippen LogP contribution in [0.4, 0.5) is 35.0 Å². The molecule has 2 amide bonds. The van der Waals surface area contributed by atoms with Gasteiger partial charge < -0.3 is 10.6 Å². The molecule has 0 aliphatic rings. The van der Waals surface area contributed by atoms with Gasteiger partial charge in [0.1, 0.15) is 0 Å². The van der Waals surface area contributed by atoms with Gasteiger partial charge in [0.25, 0.3) is 5.69 Å². The molecule has 6 nitrogen and oxygen atoms in total. The number of amides is 2. The van der Waals surface area contributed by atoms with Crippen molar-refractivity contribution >= 4 is 34.9 Å². The number of halogens is 3. The highest BCUT2D eigenvalue weighted by Crippen LogP contribution is 2.36. The van der Waals surface area contributed by atoms with Crippen molar-refractivity contribution in [3.63, 3.8) is 0 Å². The van der Waals surface area contributed by atoms with E-state index in [1.807, 2.05) is 0 Å². The van der Waals surface area contributed by atoms with E-state index < -0.39 is 22.7 Å². The van der Waals surface area contributed by atoms with Crippen LogP contribution >= 0.6 is 11.8 Å². The molecule has 0 aliphatic carbocycles. The van der Waals surface area contributed by atoms with E-state index in [2.05, 4.69) is 10.6 Å². The fourth-order valence-corrected chi connectivity index (χ4v) is 3.44. The molecule has 0 saturated heterocycles. The normalized spacial score (nSPS) is 11.0. The number of hydrogen-bond acceptors (Lipinski definition) is 4. The highest BCUT2D eigenvalue weighted by molar-refractivity contribution is 7.99. The number of nitro benzene ring substituents is 1. The summed E-state index contributed by atoms with van der Waals surface area (Å²) < 4.78 is 39.3. The first-order valence-corrected chi connectivity index (χ1v) is 9.31. The zero-order chi connectivity index (χ0) is 21.7. The first kappa shape index (κ1) is 21.2. The molecule has 3 aromatic carbocycles. The molecular formula is C20H14F3N3O3S. The average Bonchev–Trinajstić information content (AvgIpc) is 2.69. The topological polar surface area (TPSA) is 84.3 Å². The smallest absolute Gasteiger partial charge is 0.307 e. The SMILES string of the molecule is O=C(Nc1ccccc1Sc1ccc([N+](=O)[O-])cc1)Nc1ccccc1C(F)(F)F. The van der Waals surface area contributed by atoms with Crippen LogP contribution in [0.5, 0.6) is 0 Å². The molecular weight excluding hydrogens is 419 g/mol. The van der Waals surface area contributed by atoms with Crippen LogP contribution in [0, 0.1) is 10.1 Å². The number of non-ortho nitro benzene ring substituents is 1. The Morgan fingerprint density at radius 2 is 1.43 bits per heavy atom. The van der Waals surface area contributed by atoms with E-state index in [1.54, 1.807) is 36.4 Å². The Hall–Kier alpha value is -3.53. The van der Waals surface area contributed by atoms with Crippen molar-refractivity contribution in [2.45, 2.75) is 16.0 Å². The lowest BCUT2D eigenvalue weighted by Gasteiger charge is -2.15. The van der Waals surface area contributed by atoms with Gasteiger partial charge in [-0.2, -0.15) is 13.2 Å². The zero-order valence-corrected chi connectivity index (χ0v) is 16.0. The maximum atomic E-state index is 13.1. The first-order valence-electron chi connectivity index (χ1n) is 8.49. The highest BCUT2D eigenvalue weighted by Gasteiger charge is 2.33. The van der Waals surface area contributed by atoms with E-state index in [0.717, 1.165) is 6.07 Å². The second kappa shape index (κ2) is 8.87. The largest absolute Gasteiger partial charge is 0.418 e. The number of nitro groups is 1. The van der Waals surface area contributed by atoms with Crippen LogP contribution in [0.3, 0.4) is 0 Å². The predicted molar refractivity (Wildman–Crippen MR) is 108 cm³/mol. The van der Waals surface area contributed by atoms with Crippen LogP contribution in [0.1, 0.15) is 5.56 Å². The lowest BCUT2D eigenvalue weighted by Crippen LogP contribution is -2.22. The van der Waals surface area contributed by atoms with Crippen molar-refractivity contribution < 1.29 is 22.9 Å². The third-order valence-corrected chi connectivity index (χ3v) is 4.98. The molecule has 0 heterocycles. The van der Waals surface area contributed by atoms with Gasteiger partial charge in [-0.1, -0.05) is 36.0 Å². The molecule has 0 radical (unpaired) electrons. The van der Waals surface area contributed by atoms with E-state index in [0.29, 0.717) is 15.5 Å². The standard InChI is InChI=1S/C20H14F3N3O3S/c21-20(22,23)15-5-1-2-6-16(15)24-19(27)25-17-7-3-4-8-18(17)30-14-11-9-13(10-12-14)26(28)29/h1-12H,(H2,24,25,27). The second-order valence-corrected chi connectivity index (χ2v) is 7.09. The van der Waals surface area contributed by atoms with Gasteiger partial charge in [0.2, 0.25) is 0 Å². The average molecular weight is 433 g/mol. The lowest BCUT2D eigenvalue weighted by molar-refractivity contribution is -0.384. The summed E-state index contributed by atoms with van der Waals surface area (Å²) in [5.74, 6) is 0. The minimum absolute atomic E-state index is 0.0477. The molecule has 2 N–H and O–H groups in total. The van der Waals surface area contributed by atoms with Gasteiger partial charge in [0, 0.05) is 21.9 Å². The van der Waals surface area contributed by atoms with Crippen LogP contribution in [-0.4, -0.2) is 11.0 Å². The van der Waals surface area contributed by atoms with Crippen molar-refractivity contribution in [3.05, 3.63) is 88.5 Å². The van der Waals surface area contributed by atoms with E-state index >= 15 is 0 Å². The quantitative estimate of drug-likeness (QED) is 0.360. The Bertz CT molecular complexity index is 1070. The number of nitrogens with zero attached hydrogens (tertiary/aromatic N) is 1. The number of nitrogens with one attached hydrogen (secondary N) is 2. The number of rotatable bonds is 5. The van der Waals surface area contributed by atoms with Gasteiger partial charge in [0.05, 0.1) is 21.9 Å². The van der Waals surface area contributed by atoms with Crippen LogP contribution < -0.4 is 10.6 Å². The Kier molecular flexibility index (Phi) is 6.26. The van der Waals surface area contributed by atoms with Crippen LogP contribution in [0.2, 0.25) is 0 Å². The third-order valence-electron chi connectivity index (χ3n) is 3.89. The zero-order valence-electron chi connectivity index (χ0n) is 15.1. The minimum Gasteiger partial charge on any atom is -0.307 e. The fraction of sp³-hybridized carbons (Fsp3) is 0.0500. The molecule has 0 atom stereocenters. The number of carbonyl (C=O) groups excluding carboxylic acids is 1. The van der Waals surface area contributed by atoms with E-state index in [1.165, 1.54) is 42.1 Å². The number of alkyl halides is 3. The van der Waals surface area contributed by atoms with Crippen molar-refractivity contribution in [2.75, 3.05) is 10.6 Å². The van der Waals surface area contributed by atoms with Gasteiger partial charge in [0.15, 0.2) is 0 Å². The van der Waals surface area contributed by atoms with Gasteiger partial charge in [-0.3, -0.25) is 10.1 Å². The minimum atomic E-state index is -4.60. The summed E-state index contributed by atoms with van der Waals surface area (Å²) in [5.41, 5.74) is -0.979. The molecule has 0 saturated carbocycles. The Balaban J connectivity index is 1.75. The van der Waals surface area contributed by atoms with Gasteiger partial charge in [-0.25, -0.2) is 4.79 Å². The fourth-order valence-electron chi connectivity index (χ4n) is 2.54. The van der Waals surface area contributed by atoms with E-state index in [4.69, 9.17) is 0 Å². The maximum Gasteiger partial charge on any atom is 0.418 e. The van der Waals surface area contributed by atoms with Crippen LogP contribution in [-0.2, 0) is 6.18 Å². The number of urea groups is 1. The Morgan fingerprint density at radius 3 is 2.07 bits per heavy atom. The number of hydrogen-bond donors (Lipinski definition) is 2. The molecule has 0 unspecified atom stereocenters. The summed E-state index contributed by atoms with van der Waals surface area (Å²) in [5, 5.41) is 15.5. The summed E-state index contributed by atoms with van der Waals surface area (Å²) in [6.07, 6.45) is -4.60. The maximum absolute atomic E-state index is 13.1. The molecule has 3 rings (SSSR count). The van der Waals surface area contributed by atoms with Crippen LogP contribution in [0.15, 0.2) is 82.6 Å². The van der Waals surface area contributed by atoms with E-state index in [9.17, 15) is 28.1 Å². The molecule has 0 aromatic heterocycles. The summed E-state index contributed by atoms with van der Waals surface area (Å²) in [7, 11) is 0. The highest BCUT2D eigenvalue weighted by atomic mass is 32.2. The molecule has 10 heteroatoms. The summed E-state index contributed by atoms with van der Waals surface area (Å²) in [6, 6.07) is 16.4. The van der Waals surface area contributed by atoms with Gasteiger partial charge >= 0.3 is 12.2 Å². The number of anilines is 2. The third kappa shape index (κ3) is 5.29. The molecule has 30 heavy (non-hydrogen) atoms.